The second-order valence-corrected chi connectivity index (χ2v) is 6.67. The van der Waals surface area contributed by atoms with Crippen molar-refractivity contribution in [2.24, 2.45) is 5.92 Å². The van der Waals surface area contributed by atoms with Crippen molar-refractivity contribution in [1.29, 1.82) is 0 Å². The molecule has 0 aromatic heterocycles. The lowest BCUT2D eigenvalue weighted by Gasteiger charge is -2.19. The Morgan fingerprint density at radius 1 is 1.24 bits per heavy atom. The van der Waals surface area contributed by atoms with Gasteiger partial charge in [-0.3, -0.25) is 0 Å². The lowest BCUT2D eigenvalue weighted by atomic mass is 10.0. The van der Waals surface area contributed by atoms with Crippen molar-refractivity contribution in [1.82, 2.24) is 0 Å². The van der Waals surface area contributed by atoms with Crippen molar-refractivity contribution >= 4 is 33.2 Å². The molecule has 0 saturated heterocycles. The average molecular weight is 383 g/mol. The minimum Gasteiger partial charge on any atom is -0.431 e. The molecule has 0 aliphatic heterocycles. The number of halogens is 4. The maximum absolute atomic E-state index is 12.5. The van der Waals surface area contributed by atoms with Crippen molar-refractivity contribution in [3.05, 3.63) is 21.6 Å². The lowest BCUT2D eigenvalue weighted by Crippen LogP contribution is -2.15. The molecule has 1 aliphatic rings. The van der Waals surface area contributed by atoms with Crippen LogP contribution in [0.2, 0.25) is 5.02 Å². The van der Waals surface area contributed by atoms with Gasteiger partial charge in [-0.15, -0.1) is 0 Å². The standard InChI is InChI=1S/C15H19BrClF2NO/c16-12-7-11(17)8-13(14(12)21-15(18)19)20-9-10-5-3-1-2-4-6-10/h7-8,10,15,20H,1-6,9H2. The first-order valence-electron chi connectivity index (χ1n) is 7.24. The van der Waals surface area contributed by atoms with Gasteiger partial charge in [0.25, 0.3) is 0 Å². The highest BCUT2D eigenvalue weighted by Gasteiger charge is 2.17. The number of alkyl halides is 2. The fourth-order valence-corrected chi connectivity index (χ4v) is 3.63. The number of hydrogen-bond acceptors (Lipinski definition) is 2. The summed E-state index contributed by atoms with van der Waals surface area (Å²) in [7, 11) is 0. The van der Waals surface area contributed by atoms with Crippen LogP contribution >= 0.6 is 27.5 Å². The van der Waals surface area contributed by atoms with Crippen LogP contribution in [-0.2, 0) is 0 Å². The quantitative estimate of drug-likeness (QED) is 0.622. The second kappa shape index (κ2) is 8.18. The number of hydrogen-bond donors (Lipinski definition) is 1. The molecule has 1 aromatic carbocycles. The van der Waals surface area contributed by atoms with Gasteiger partial charge in [-0.05, 0) is 46.8 Å². The monoisotopic (exact) mass is 381 g/mol. The summed E-state index contributed by atoms with van der Waals surface area (Å²) in [5.41, 5.74) is 0.513. The summed E-state index contributed by atoms with van der Waals surface area (Å²) in [5, 5.41) is 3.70. The van der Waals surface area contributed by atoms with E-state index >= 15 is 0 Å². The van der Waals surface area contributed by atoms with Crippen LogP contribution in [0.15, 0.2) is 16.6 Å². The van der Waals surface area contributed by atoms with E-state index < -0.39 is 6.61 Å². The van der Waals surface area contributed by atoms with E-state index in [1.165, 1.54) is 38.5 Å². The molecule has 0 amide bonds. The minimum atomic E-state index is -2.86. The van der Waals surface area contributed by atoms with Crippen molar-refractivity contribution in [2.45, 2.75) is 45.1 Å². The first-order chi connectivity index (χ1) is 10.1. The van der Waals surface area contributed by atoms with E-state index in [9.17, 15) is 8.78 Å². The molecule has 21 heavy (non-hydrogen) atoms. The predicted molar refractivity (Wildman–Crippen MR) is 85.5 cm³/mol. The molecule has 118 valence electrons. The second-order valence-electron chi connectivity index (χ2n) is 5.38. The molecule has 1 aromatic rings. The normalized spacial score (nSPS) is 16.8. The van der Waals surface area contributed by atoms with Crippen LogP contribution in [0.1, 0.15) is 38.5 Å². The molecule has 0 spiro atoms. The van der Waals surface area contributed by atoms with Gasteiger partial charge >= 0.3 is 6.61 Å². The zero-order valence-corrected chi connectivity index (χ0v) is 14.0. The number of benzene rings is 1. The van der Waals surface area contributed by atoms with Crippen LogP contribution in [0, 0.1) is 5.92 Å². The molecule has 2 nitrogen and oxygen atoms in total. The smallest absolute Gasteiger partial charge is 0.387 e. The Morgan fingerprint density at radius 3 is 2.52 bits per heavy atom. The van der Waals surface area contributed by atoms with Crippen molar-refractivity contribution in [3.8, 4) is 5.75 Å². The molecule has 0 unspecified atom stereocenters. The van der Waals surface area contributed by atoms with Gasteiger partial charge in [0.2, 0.25) is 0 Å². The fourth-order valence-electron chi connectivity index (χ4n) is 2.72. The topological polar surface area (TPSA) is 21.3 Å². The third-order valence-electron chi connectivity index (χ3n) is 3.77. The summed E-state index contributed by atoms with van der Waals surface area (Å²) in [6, 6.07) is 3.18. The van der Waals surface area contributed by atoms with Gasteiger partial charge < -0.3 is 10.1 Å². The molecule has 0 atom stereocenters. The highest BCUT2D eigenvalue weighted by molar-refractivity contribution is 9.10. The summed E-state index contributed by atoms with van der Waals surface area (Å²) in [6.07, 6.45) is 7.43. The van der Waals surface area contributed by atoms with E-state index in [0.29, 0.717) is 21.1 Å². The Morgan fingerprint density at radius 2 is 1.90 bits per heavy atom. The molecule has 1 saturated carbocycles. The van der Waals surface area contributed by atoms with E-state index in [1.54, 1.807) is 12.1 Å². The highest BCUT2D eigenvalue weighted by Crippen LogP contribution is 2.38. The Bertz CT molecular complexity index is 465. The number of ether oxygens (including phenoxy) is 1. The van der Waals surface area contributed by atoms with E-state index in [0.717, 1.165) is 6.54 Å². The first kappa shape index (κ1) is 16.8. The van der Waals surface area contributed by atoms with Crippen LogP contribution in [0.4, 0.5) is 14.5 Å². The number of anilines is 1. The van der Waals surface area contributed by atoms with Crippen LogP contribution in [-0.4, -0.2) is 13.2 Å². The lowest BCUT2D eigenvalue weighted by molar-refractivity contribution is -0.0498. The first-order valence-corrected chi connectivity index (χ1v) is 8.41. The maximum atomic E-state index is 12.5. The Labute approximate surface area is 137 Å². The molecule has 6 heteroatoms. The largest absolute Gasteiger partial charge is 0.431 e. The Kier molecular flexibility index (Phi) is 6.55. The summed E-state index contributed by atoms with van der Waals surface area (Å²) in [4.78, 5) is 0. The third-order valence-corrected chi connectivity index (χ3v) is 4.58. The van der Waals surface area contributed by atoms with E-state index in [1.807, 2.05) is 0 Å². The van der Waals surface area contributed by atoms with Crippen LogP contribution in [0.5, 0.6) is 5.75 Å². The zero-order valence-electron chi connectivity index (χ0n) is 11.7. The predicted octanol–water partition coefficient (Wildman–Crippen LogP) is 6.09. The fraction of sp³-hybridized carbons (Fsp3) is 0.600. The summed E-state index contributed by atoms with van der Waals surface area (Å²) in [6.45, 7) is -2.10. The van der Waals surface area contributed by atoms with Crippen molar-refractivity contribution in [3.63, 3.8) is 0 Å². The van der Waals surface area contributed by atoms with Gasteiger partial charge in [0.05, 0.1) is 10.2 Å². The molecule has 0 radical (unpaired) electrons. The molecule has 1 aliphatic carbocycles. The van der Waals surface area contributed by atoms with Gasteiger partial charge in [0.1, 0.15) is 0 Å². The summed E-state index contributed by atoms with van der Waals surface area (Å²) in [5.74, 6) is 0.688. The molecular formula is C15H19BrClF2NO. The highest BCUT2D eigenvalue weighted by atomic mass is 79.9. The molecule has 1 N–H and O–H groups in total. The SMILES string of the molecule is FC(F)Oc1c(Br)cc(Cl)cc1NCC1CCCCCC1. The zero-order chi connectivity index (χ0) is 15.2. The van der Waals surface area contributed by atoms with Gasteiger partial charge in [-0.2, -0.15) is 8.78 Å². The van der Waals surface area contributed by atoms with Crippen LogP contribution in [0.25, 0.3) is 0 Å². The van der Waals surface area contributed by atoms with Crippen molar-refractivity contribution in [2.75, 3.05) is 11.9 Å². The molecule has 0 bridgehead atoms. The third kappa shape index (κ3) is 5.29. The van der Waals surface area contributed by atoms with Crippen molar-refractivity contribution < 1.29 is 13.5 Å². The average Bonchev–Trinajstić information content (AvgIpc) is 2.68. The van der Waals surface area contributed by atoms with Gasteiger partial charge in [-0.25, -0.2) is 0 Å². The molecule has 2 rings (SSSR count). The maximum Gasteiger partial charge on any atom is 0.387 e. The Balaban J connectivity index is 2.06. The van der Waals surface area contributed by atoms with E-state index in [-0.39, 0.29) is 5.75 Å². The van der Waals surface area contributed by atoms with Crippen LogP contribution < -0.4 is 10.1 Å². The van der Waals surface area contributed by atoms with E-state index in [2.05, 4.69) is 26.0 Å². The van der Waals surface area contributed by atoms with E-state index in [4.69, 9.17) is 11.6 Å². The molecule has 1 fully saturated rings. The minimum absolute atomic E-state index is 0.114. The summed E-state index contributed by atoms with van der Waals surface area (Å²) < 4.78 is 30.1. The van der Waals surface area contributed by atoms with Gasteiger partial charge in [0, 0.05) is 11.6 Å². The number of rotatable bonds is 5. The molecule has 0 heterocycles. The van der Waals surface area contributed by atoms with Gasteiger partial charge in [-0.1, -0.05) is 37.3 Å². The summed E-state index contributed by atoms with van der Waals surface area (Å²) >= 11 is 9.22. The van der Waals surface area contributed by atoms with Crippen LogP contribution in [0.3, 0.4) is 0 Å². The number of nitrogens with one attached hydrogen (secondary N) is 1. The Hall–Kier alpha value is -0.550. The molecular weight excluding hydrogens is 364 g/mol. The van der Waals surface area contributed by atoms with Gasteiger partial charge in [0.15, 0.2) is 5.75 Å².